The van der Waals surface area contributed by atoms with Gasteiger partial charge in [0.15, 0.2) is 5.69 Å². The number of hydrogen-bond donors (Lipinski definition) is 3. The lowest BCUT2D eigenvalue weighted by molar-refractivity contribution is -0.141. The van der Waals surface area contributed by atoms with Crippen molar-refractivity contribution in [1.82, 2.24) is 14.3 Å². The summed E-state index contributed by atoms with van der Waals surface area (Å²) in [5, 5.41) is 28.3. The quantitative estimate of drug-likeness (QED) is 0.541. The maximum atomic E-state index is 12.8. The van der Waals surface area contributed by atoms with E-state index in [1.54, 1.807) is 6.92 Å². The Labute approximate surface area is 150 Å². The number of aromatic nitrogens is 3. The van der Waals surface area contributed by atoms with Crippen LogP contribution in [-0.2, 0) is 12.7 Å². The fourth-order valence-electron chi connectivity index (χ4n) is 2.54. The molecule has 0 spiro atoms. The molecule has 11 heteroatoms. The van der Waals surface area contributed by atoms with Crippen LogP contribution in [0.25, 0.3) is 0 Å². The van der Waals surface area contributed by atoms with E-state index in [1.165, 1.54) is 13.1 Å². The summed E-state index contributed by atoms with van der Waals surface area (Å²) in [6.07, 6.45) is -2.63. The molecule has 0 fully saturated rings. The molecule has 0 amide bonds. The number of halogens is 3. The van der Waals surface area contributed by atoms with Gasteiger partial charge in [-0.15, -0.1) is 0 Å². The molecule has 2 aromatic rings. The molecule has 0 radical (unpaired) electrons. The van der Waals surface area contributed by atoms with Crippen LogP contribution < -0.4 is 5.56 Å². The molecule has 0 bridgehead atoms. The van der Waals surface area contributed by atoms with Crippen molar-refractivity contribution in [2.75, 3.05) is 0 Å². The van der Waals surface area contributed by atoms with Crippen molar-refractivity contribution in [3.05, 3.63) is 51.2 Å². The van der Waals surface area contributed by atoms with Gasteiger partial charge in [0, 0.05) is 24.7 Å². The summed E-state index contributed by atoms with van der Waals surface area (Å²) < 4.78 is 40.4. The molecule has 2 rings (SSSR count). The number of nitrogens with one attached hydrogen (secondary N) is 2. The molecule has 27 heavy (non-hydrogen) atoms. The molecule has 0 aliphatic carbocycles. The molecule has 0 aliphatic rings. The standard InChI is InChI=1S/C16H16F3N5O3/c1-3-23-7-9(5-10(14(23)25)15(26)27)11(6-20)13(21)24-8(2)4-12(22-24)16(17,18)19/h4-7,11,20-21H,3H2,1-2H3,(H,26,27). The summed E-state index contributed by atoms with van der Waals surface area (Å²) in [5.41, 5.74) is -2.35. The van der Waals surface area contributed by atoms with Crippen LogP contribution in [0, 0.1) is 17.7 Å². The van der Waals surface area contributed by atoms with Crippen LogP contribution >= 0.6 is 0 Å². The van der Waals surface area contributed by atoms with E-state index >= 15 is 0 Å². The Hall–Kier alpha value is -3.24. The van der Waals surface area contributed by atoms with Gasteiger partial charge in [0.25, 0.3) is 5.56 Å². The average Bonchev–Trinajstić information content (AvgIpc) is 2.98. The van der Waals surface area contributed by atoms with Gasteiger partial charge in [0.2, 0.25) is 0 Å². The van der Waals surface area contributed by atoms with Crippen molar-refractivity contribution in [3.63, 3.8) is 0 Å². The fraction of sp³-hybridized carbons (Fsp3) is 0.312. The third-order valence-corrected chi connectivity index (χ3v) is 3.90. The van der Waals surface area contributed by atoms with Crippen molar-refractivity contribution < 1.29 is 23.1 Å². The molecule has 8 nitrogen and oxygen atoms in total. The molecule has 1 unspecified atom stereocenters. The van der Waals surface area contributed by atoms with Crippen molar-refractivity contribution in [3.8, 4) is 0 Å². The van der Waals surface area contributed by atoms with E-state index in [0.717, 1.165) is 27.6 Å². The number of hydrogen-bond acceptors (Lipinski definition) is 5. The molecule has 1 atom stereocenters. The van der Waals surface area contributed by atoms with E-state index in [9.17, 15) is 27.9 Å². The minimum absolute atomic E-state index is 0.0291. The second kappa shape index (κ2) is 7.17. The van der Waals surface area contributed by atoms with E-state index in [-0.39, 0.29) is 17.8 Å². The fourth-order valence-corrected chi connectivity index (χ4v) is 2.54. The highest BCUT2D eigenvalue weighted by Crippen LogP contribution is 2.29. The van der Waals surface area contributed by atoms with Gasteiger partial charge < -0.3 is 15.1 Å². The van der Waals surface area contributed by atoms with Crippen molar-refractivity contribution >= 4 is 18.0 Å². The van der Waals surface area contributed by atoms with Gasteiger partial charge >= 0.3 is 12.1 Å². The molecule has 0 aromatic carbocycles. The first-order valence-electron chi connectivity index (χ1n) is 7.72. The minimum atomic E-state index is -4.69. The second-order valence-corrected chi connectivity index (χ2v) is 5.69. The zero-order valence-electron chi connectivity index (χ0n) is 14.3. The normalized spacial score (nSPS) is 12.6. The van der Waals surface area contributed by atoms with Gasteiger partial charge in [0.1, 0.15) is 11.4 Å². The maximum Gasteiger partial charge on any atom is 0.435 e. The summed E-state index contributed by atoms with van der Waals surface area (Å²) in [7, 11) is 0. The Bertz CT molecular complexity index is 975. The first-order chi connectivity index (χ1) is 12.5. The van der Waals surface area contributed by atoms with Crippen molar-refractivity contribution in [2.45, 2.75) is 32.5 Å². The number of aryl methyl sites for hydroxylation is 2. The number of aromatic carboxylic acids is 1. The third-order valence-electron chi connectivity index (χ3n) is 3.90. The van der Waals surface area contributed by atoms with Gasteiger partial charge in [-0.2, -0.15) is 18.3 Å². The van der Waals surface area contributed by atoms with E-state index in [4.69, 9.17) is 10.8 Å². The molecule has 0 saturated heterocycles. The number of nitrogens with zero attached hydrogens (tertiary/aromatic N) is 3. The lowest BCUT2D eigenvalue weighted by Crippen LogP contribution is -2.29. The van der Waals surface area contributed by atoms with Crippen LogP contribution in [0.15, 0.2) is 23.1 Å². The van der Waals surface area contributed by atoms with Gasteiger partial charge in [0.05, 0.1) is 5.92 Å². The van der Waals surface area contributed by atoms with E-state index < -0.39 is 40.7 Å². The van der Waals surface area contributed by atoms with Gasteiger partial charge in [-0.1, -0.05) is 0 Å². The topological polar surface area (TPSA) is 125 Å². The number of carboxylic acid groups (broad SMARTS) is 1. The molecule has 0 saturated carbocycles. The van der Waals surface area contributed by atoms with Gasteiger partial charge in [-0.3, -0.25) is 10.2 Å². The predicted octanol–water partition coefficient (Wildman–Crippen LogP) is 2.35. The molecular formula is C16H16F3N5O3. The number of carboxylic acids is 1. The van der Waals surface area contributed by atoms with E-state index in [2.05, 4.69) is 5.10 Å². The first-order valence-corrected chi connectivity index (χ1v) is 7.72. The highest BCUT2D eigenvalue weighted by Gasteiger charge is 2.35. The van der Waals surface area contributed by atoms with Crippen molar-refractivity contribution in [2.24, 2.45) is 0 Å². The zero-order valence-corrected chi connectivity index (χ0v) is 14.3. The summed E-state index contributed by atoms with van der Waals surface area (Å²) in [6, 6.07) is 1.79. The van der Waals surface area contributed by atoms with E-state index in [0.29, 0.717) is 0 Å². The number of alkyl halides is 3. The molecule has 2 heterocycles. The predicted molar refractivity (Wildman–Crippen MR) is 90.0 cm³/mol. The second-order valence-electron chi connectivity index (χ2n) is 5.69. The summed E-state index contributed by atoms with van der Waals surface area (Å²) >= 11 is 0. The zero-order chi connectivity index (χ0) is 20.5. The lowest BCUT2D eigenvalue weighted by Gasteiger charge is -2.17. The van der Waals surface area contributed by atoms with Crippen LogP contribution in [-0.4, -0.2) is 37.5 Å². The van der Waals surface area contributed by atoms with Crippen LogP contribution in [0.1, 0.15) is 40.2 Å². The molecular weight excluding hydrogens is 367 g/mol. The molecule has 2 aromatic heterocycles. The minimum Gasteiger partial charge on any atom is -0.477 e. The Kier molecular flexibility index (Phi) is 5.33. The third kappa shape index (κ3) is 3.81. The lowest BCUT2D eigenvalue weighted by atomic mass is 9.99. The largest absolute Gasteiger partial charge is 0.477 e. The average molecular weight is 383 g/mol. The SMILES string of the molecule is CCn1cc(C(C=N)C(=N)n2nc(C(F)(F)F)cc2C)cc(C(=O)O)c1=O. The van der Waals surface area contributed by atoms with Crippen LogP contribution in [0.4, 0.5) is 13.2 Å². The summed E-state index contributed by atoms with van der Waals surface area (Å²) in [5.74, 6) is -3.15. The Morgan fingerprint density at radius 1 is 1.41 bits per heavy atom. The van der Waals surface area contributed by atoms with E-state index in [1.807, 2.05) is 0 Å². The highest BCUT2D eigenvalue weighted by atomic mass is 19.4. The number of pyridine rings is 1. The smallest absolute Gasteiger partial charge is 0.435 e. The van der Waals surface area contributed by atoms with Crippen LogP contribution in [0.5, 0.6) is 0 Å². The van der Waals surface area contributed by atoms with Gasteiger partial charge in [-0.05, 0) is 31.5 Å². The summed E-state index contributed by atoms with van der Waals surface area (Å²) in [4.78, 5) is 23.3. The first kappa shape index (κ1) is 20.1. The Morgan fingerprint density at radius 2 is 2.04 bits per heavy atom. The Balaban J connectivity index is 2.58. The number of rotatable bonds is 5. The van der Waals surface area contributed by atoms with Gasteiger partial charge in [-0.25, -0.2) is 9.48 Å². The van der Waals surface area contributed by atoms with Crippen LogP contribution in [0.2, 0.25) is 0 Å². The van der Waals surface area contributed by atoms with Crippen LogP contribution in [0.3, 0.4) is 0 Å². The summed E-state index contributed by atoms with van der Waals surface area (Å²) in [6.45, 7) is 3.08. The van der Waals surface area contributed by atoms with Crippen molar-refractivity contribution in [1.29, 1.82) is 10.8 Å². The monoisotopic (exact) mass is 383 g/mol. The maximum absolute atomic E-state index is 12.8. The Morgan fingerprint density at radius 3 is 2.48 bits per heavy atom. The highest BCUT2D eigenvalue weighted by molar-refractivity contribution is 6.01. The number of carbonyl (C=O) groups is 1. The molecule has 3 N–H and O–H groups in total. The molecule has 0 aliphatic heterocycles. The molecule has 144 valence electrons.